The van der Waals surface area contributed by atoms with Crippen LogP contribution in [0.5, 0.6) is 5.75 Å². The highest BCUT2D eigenvalue weighted by molar-refractivity contribution is 7.89. The second kappa shape index (κ2) is 10.9. The average Bonchev–Trinajstić information content (AvgIpc) is 2.86. The predicted octanol–water partition coefficient (Wildman–Crippen LogP) is 2.80. The number of nitrogens with zero attached hydrogens (tertiary/aromatic N) is 3. The van der Waals surface area contributed by atoms with Gasteiger partial charge in [-0.25, -0.2) is 8.42 Å². The van der Waals surface area contributed by atoms with E-state index >= 15 is 0 Å². The van der Waals surface area contributed by atoms with E-state index in [1.807, 2.05) is 12.1 Å². The molecule has 2 aromatic carbocycles. The molecular formula is C25H34N4O4S. The highest BCUT2D eigenvalue weighted by Gasteiger charge is 2.28. The molecule has 2 aliphatic heterocycles. The zero-order chi connectivity index (χ0) is 24.1. The van der Waals surface area contributed by atoms with E-state index in [0.717, 1.165) is 44.6 Å². The van der Waals surface area contributed by atoms with Gasteiger partial charge in [-0.2, -0.15) is 4.31 Å². The van der Waals surface area contributed by atoms with E-state index in [0.29, 0.717) is 18.8 Å². The van der Waals surface area contributed by atoms with Crippen LogP contribution in [-0.4, -0.2) is 81.9 Å². The van der Waals surface area contributed by atoms with Crippen LogP contribution in [-0.2, 0) is 14.8 Å². The van der Waals surface area contributed by atoms with Crippen LogP contribution in [0.1, 0.15) is 30.9 Å². The summed E-state index contributed by atoms with van der Waals surface area (Å²) >= 11 is 0. The number of amides is 1. The van der Waals surface area contributed by atoms with Gasteiger partial charge in [-0.3, -0.25) is 14.6 Å². The lowest BCUT2D eigenvalue weighted by atomic mass is 10.0. The smallest absolute Gasteiger partial charge is 0.243 e. The molecule has 2 aliphatic rings. The number of piperidine rings is 1. The first-order valence-corrected chi connectivity index (χ1v) is 13.3. The number of carbonyl (C=O) groups is 1. The van der Waals surface area contributed by atoms with Crippen molar-refractivity contribution in [2.24, 2.45) is 0 Å². The second-order valence-electron chi connectivity index (χ2n) is 9.04. The van der Waals surface area contributed by atoms with E-state index < -0.39 is 10.0 Å². The minimum Gasteiger partial charge on any atom is -0.497 e. The van der Waals surface area contributed by atoms with Gasteiger partial charge in [-0.15, -0.1) is 0 Å². The van der Waals surface area contributed by atoms with Crippen LogP contribution >= 0.6 is 0 Å². The largest absolute Gasteiger partial charge is 0.497 e. The molecule has 0 radical (unpaired) electrons. The zero-order valence-corrected chi connectivity index (χ0v) is 20.8. The Morgan fingerprint density at radius 1 is 0.971 bits per heavy atom. The second-order valence-corrected chi connectivity index (χ2v) is 11.0. The summed E-state index contributed by atoms with van der Waals surface area (Å²) in [6.45, 7) is 3.86. The molecule has 1 N–H and O–H groups in total. The number of likely N-dealkylation sites (N-methyl/N-ethyl adjacent to an activating group) is 1. The SMILES string of the molecule is COc1ccc([C@H]2CN(CC(=O)Nc3ccc(S(=O)(=O)N4CCCCC4)cc3)CCN2C)cc1. The standard InChI is InChI=1S/C25H34N4O4S/c1-27-16-17-28(18-24(27)20-6-10-22(33-2)11-7-20)19-25(30)26-21-8-12-23(13-9-21)34(31,32)29-14-4-3-5-15-29/h6-13,24H,3-5,14-19H2,1-2H3,(H,26,30)/t24-/m1/s1. The van der Waals surface area contributed by atoms with E-state index in [9.17, 15) is 13.2 Å². The maximum Gasteiger partial charge on any atom is 0.243 e. The van der Waals surface area contributed by atoms with Gasteiger partial charge in [0.2, 0.25) is 15.9 Å². The fraction of sp³-hybridized carbons (Fsp3) is 0.480. The Kier molecular flexibility index (Phi) is 7.88. The summed E-state index contributed by atoms with van der Waals surface area (Å²) in [5, 5.41) is 2.91. The summed E-state index contributed by atoms with van der Waals surface area (Å²) in [7, 11) is 0.287. The van der Waals surface area contributed by atoms with E-state index in [4.69, 9.17) is 4.74 Å². The molecule has 184 valence electrons. The Hall–Kier alpha value is -2.46. The minimum atomic E-state index is -3.47. The van der Waals surface area contributed by atoms with Gasteiger partial charge in [0, 0.05) is 44.5 Å². The summed E-state index contributed by atoms with van der Waals surface area (Å²) in [6.07, 6.45) is 2.88. The third-order valence-electron chi connectivity index (χ3n) is 6.69. The predicted molar refractivity (Wildman–Crippen MR) is 132 cm³/mol. The molecule has 2 fully saturated rings. The van der Waals surface area contributed by atoms with Crippen LogP contribution in [0.2, 0.25) is 0 Å². The maximum atomic E-state index is 12.8. The first-order valence-electron chi connectivity index (χ1n) is 11.8. The van der Waals surface area contributed by atoms with Gasteiger partial charge in [0.15, 0.2) is 0 Å². The number of anilines is 1. The molecular weight excluding hydrogens is 452 g/mol. The number of piperazine rings is 1. The van der Waals surface area contributed by atoms with Crippen molar-refractivity contribution in [1.82, 2.24) is 14.1 Å². The van der Waals surface area contributed by atoms with Crippen LogP contribution in [0.25, 0.3) is 0 Å². The third-order valence-corrected chi connectivity index (χ3v) is 8.60. The molecule has 0 aliphatic carbocycles. The molecule has 0 saturated carbocycles. The number of sulfonamides is 1. The number of nitrogens with one attached hydrogen (secondary N) is 1. The van der Waals surface area contributed by atoms with E-state index in [2.05, 4.69) is 34.3 Å². The average molecular weight is 487 g/mol. The number of benzene rings is 2. The Labute approximate surface area is 202 Å². The number of hydrogen-bond donors (Lipinski definition) is 1. The van der Waals surface area contributed by atoms with Crippen molar-refractivity contribution in [2.45, 2.75) is 30.2 Å². The summed E-state index contributed by atoms with van der Waals surface area (Å²) in [4.78, 5) is 17.4. The molecule has 0 unspecified atom stereocenters. The zero-order valence-electron chi connectivity index (χ0n) is 19.9. The van der Waals surface area contributed by atoms with Crippen molar-refractivity contribution < 1.29 is 17.9 Å². The lowest BCUT2D eigenvalue weighted by molar-refractivity contribution is -0.118. The third kappa shape index (κ3) is 5.78. The summed E-state index contributed by atoms with van der Waals surface area (Å²) in [6, 6.07) is 14.8. The molecule has 0 aromatic heterocycles. The normalized spacial score (nSPS) is 20.7. The van der Waals surface area contributed by atoms with Crippen molar-refractivity contribution >= 4 is 21.6 Å². The van der Waals surface area contributed by atoms with Crippen molar-refractivity contribution in [2.75, 3.05) is 58.7 Å². The molecule has 2 saturated heterocycles. The molecule has 0 spiro atoms. The van der Waals surface area contributed by atoms with Crippen LogP contribution < -0.4 is 10.1 Å². The Bertz CT molecular complexity index is 1070. The highest BCUT2D eigenvalue weighted by atomic mass is 32.2. The van der Waals surface area contributed by atoms with Gasteiger partial charge in [0.1, 0.15) is 5.75 Å². The molecule has 2 heterocycles. The van der Waals surface area contributed by atoms with E-state index in [1.54, 1.807) is 35.7 Å². The van der Waals surface area contributed by atoms with Gasteiger partial charge in [-0.05, 0) is 61.9 Å². The van der Waals surface area contributed by atoms with Gasteiger partial charge in [0.25, 0.3) is 0 Å². The van der Waals surface area contributed by atoms with Crippen LogP contribution in [0.15, 0.2) is 53.4 Å². The quantitative estimate of drug-likeness (QED) is 0.648. The first-order chi connectivity index (χ1) is 16.4. The fourth-order valence-corrected chi connectivity index (χ4v) is 6.15. The van der Waals surface area contributed by atoms with Crippen molar-refractivity contribution in [3.8, 4) is 5.75 Å². The number of rotatable bonds is 7. The van der Waals surface area contributed by atoms with Gasteiger partial charge < -0.3 is 10.1 Å². The van der Waals surface area contributed by atoms with Crippen molar-refractivity contribution in [3.05, 3.63) is 54.1 Å². The van der Waals surface area contributed by atoms with E-state index in [-0.39, 0.29) is 23.4 Å². The van der Waals surface area contributed by atoms with Crippen LogP contribution in [0.3, 0.4) is 0 Å². The molecule has 2 aromatic rings. The lowest BCUT2D eigenvalue weighted by Crippen LogP contribution is -2.48. The van der Waals surface area contributed by atoms with Crippen LogP contribution in [0, 0.1) is 0 Å². The summed E-state index contributed by atoms with van der Waals surface area (Å²) in [5.41, 5.74) is 1.79. The summed E-state index contributed by atoms with van der Waals surface area (Å²) < 4.78 is 32.4. The summed E-state index contributed by atoms with van der Waals surface area (Å²) in [5.74, 6) is 0.720. The molecule has 0 bridgehead atoms. The number of methoxy groups -OCH3 is 1. The molecule has 1 amide bonds. The monoisotopic (exact) mass is 486 g/mol. The Morgan fingerprint density at radius 2 is 1.65 bits per heavy atom. The topological polar surface area (TPSA) is 82.2 Å². The Balaban J connectivity index is 1.34. The first kappa shape index (κ1) is 24.7. The lowest BCUT2D eigenvalue weighted by Gasteiger charge is -2.39. The highest BCUT2D eigenvalue weighted by Crippen LogP contribution is 2.26. The molecule has 8 nitrogen and oxygen atoms in total. The Morgan fingerprint density at radius 3 is 2.29 bits per heavy atom. The van der Waals surface area contributed by atoms with E-state index in [1.165, 1.54) is 5.56 Å². The molecule has 34 heavy (non-hydrogen) atoms. The maximum absolute atomic E-state index is 12.8. The van der Waals surface area contributed by atoms with Crippen molar-refractivity contribution in [3.63, 3.8) is 0 Å². The van der Waals surface area contributed by atoms with Gasteiger partial charge in [0.05, 0.1) is 18.6 Å². The minimum absolute atomic E-state index is 0.107. The van der Waals surface area contributed by atoms with Gasteiger partial charge in [-0.1, -0.05) is 18.6 Å². The number of carbonyl (C=O) groups excluding carboxylic acids is 1. The number of ether oxygens (including phenoxy) is 1. The fourth-order valence-electron chi connectivity index (χ4n) is 4.63. The molecule has 1 atom stereocenters. The van der Waals surface area contributed by atoms with Crippen molar-refractivity contribution in [1.29, 1.82) is 0 Å². The molecule has 4 rings (SSSR count). The number of hydrogen-bond acceptors (Lipinski definition) is 6. The molecule has 9 heteroatoms. The van der Waals surface area contributed by atoms with Crippen LogP contribution in [0.4, 0.5) is 5.69 Å². The van der Waals surface area contributed by atoms with Gasteiger partial charge >= 0.3 is 0 Å².